The highest BCUT2D eigenvalue weighted by Gasteiger charge is 2.50. The molecule has 2 saturated heterocycles. The maximum atomic E-state index is 12.2. The average molecular weight is 279 g/mol. The molecule has 2 heterocycles. The van der Waals surface area contributed by atoms with Gasteiger partial charge in [-0.25, -0.2) is 0 Å². The number of benzene rings is 1. The number of methoxy groups -OCH3 is 1. The molecular weight excluding hydrogens is 262 g/mol. The molecule has 2 aliphatic rings. The van der Waals surface area contributed by atoms with Crippen LogP contribution in [-0.2, 0) is 4.74 Å². The fourth-order valence-corrected chi connectivity index (χ4v) is 4.38. The van der Waals surface area contributed by atoms with Gasteiger partial charge in [-0.2, -0.15) is 0 Å². The Kier molecular flexibility index (Phi) is 3.19. The molecule has 19 heavy (non-hydrogen) atoms. The summed E-state index contributed by atoms with van der Waals surface area (Å²) in [6, 6.07) is 6.54. The van der Waals surface area contributed by atoms with Gasteiger partial charge in [0.15, 0.2) is 0 Å². The van der Waals surface area contributed by atoms with Crippen LogP contribution >= 0.6 is 11.8 Å². The number of phenolic OH excluding ortho intramolecular Hbond substituents is 1. The molecule has 0 bridgehead atoms. The quantitative estimate of drug-likeness (QED) is 0.896. The molecule has 4 nitrogen and oxygen atoms in total. The van der Waals surface area contributed by atoms with Gasteiger partial charge in [-0.3, -0.25) is 4.79 Å². The topological polar surface area (TPSA) is 49.8 Å². The highest BCUT2D eigenvalue weighted by Crippen LogP contribution is 2.46. The minimum atomic E-state index is 0.00277. The smallest absolute Gasteiger partial charge is 0.254 e. The summed E-state index contributed by atoms with van der Waals surface area (Å²) in [5.74, 6) is 1.16. The van der Waals surface area contributed by atoms with Crippen LogP contribution in [0.4, 0.5) is 0 Å². The number of likely N-dealkylation sites (tertiary alicyclic amines) is 1. The Hall–Kier alpha value is -1.20. The summed E-state index contributed by atoms with van der Waals surface area (Å²) < 4.78 is 5.58. The lowest BCUT2D eigenvalue weighted by Gasteiger charge is -2.47. The second kappa shape index (κ2) is 4.72. The van der Waals surface area contributed by atoms with Crippen LogP contribution < -0.4 is 0 Å². The number of hydrogen-bond acceptors (Lipinski definition) is 4. The Morgan fingerprint density at radius 2 is 2.32 bits per heavy atom. The van der Waals surface area contributed by atoms with E-state index in [1.54, 1.807) is 25.3 Å². The Morgan fingerprint density at radius 1 is 1.53 bits per heavy atom. The first-order chi connectivity index (χ1) is 9.12. The van der Waals surface area contributed by atoms with E-state index in [9.17, 15) is 9.90 Å². The zero-order valence-corrected chi connectivity index (χ0v) is 11.7. The van der Waals surface area contributed by atoms with E-state index in [0.29, 0.717) is 11.7 Å². The normalized spacial score (nSPS) is 24.5. The van der Waals surface area contributed by atoms with Crippen molar-refractivity contribution < 1.29 is 14.6 Å². The number of carbonyl (C=O) groups is 1. The molecule has 5 heteroatoms. The summed E-state index contributed by atoms with van der Waals surface area (Å²) in [5, 5.41) is 9.41. The number of amides is 1. The van der Waals surface area contributed by atoms with Gasteiger partial charge in [0.25, 0.3) is 5.91 Å². The fourth-order valence-electron chi connectivity index (χ4n) is 2.79. The minimum Gasteiger partial charge on any atom is -0.508 e. The number of aromatic hydroxyl groups is 1. The third kappa shape index (κ3) is 2.32. The fraction of sp³-hybridized carbons (Fsp3) is 0.500. The lowest BCUT2D eigenvalue weighted by Crippen LogP contribution is -2.60. The van der Waals surface area contributed by atoms with Crippen LogP contribution in [0.1, 0.15) is 16.8 Å². The van der Waals surface area contributed by atoms with Gasteiger partial charge < -0.3 is 14.7 Å². The van der Waals surface area contributed by atoms with Crippen molar-refractivity contribution in [3.63, 3.8) is 0 Å². The van der Waals surface area contributed by atoms with Crippen molar-refractivity contribution in [2.24, 2.45) is 0 Å². The van der Waals surface area contributed by atoms with Gasteiger partial charge in [0.05, 0.1) is 10.9 Å². The van der Waals surface area contributed by atoms with Gasteiger partial charge in [-0.15, -0.1) is 11.8 Å². The van der Waals surface area contributed by atoms with Crippen LogP contribution in [-0.4, -0.2) is 52.7 Å². The van der Waals surface area contributed by atoms with Crippen LogP contribution in [0.2, 0.25) is 0 Å². The van der Waals surface area contributed by atoms with Gasteiger partial charge in [0.2, 0.25) is 0 Å². The van der Waals surface area contributed by atoms with E-state index in [4.69, 9.17) is 4.74 Å². The molecule has 102 valence electrons. The Balaban J connectivity index is 1.63. The van der Waals surface area contributed by atoms with Crippen molar-refractivity contribution in [3.8, 4) is 5.75 Å². The molecule has 0 unspecified atom stereocenters. The number of phenols is 1. The first-order valence-corrected chi connectivity index (χ1v) is 7.35. The highest BCUT2D eigenvalue weighted by molar-refractivity contribution is 8.01. The van der Waals surface area contributed by atoms with Crippen molar-refractivity contribution in [2.45, 2.75) is 17.3 Å². The third-order valence-electron chi connectivity index (χ3n) is 3.85. The minimum absolute atomic E-state index is 0.00277. The first-order valence-electron chi connectivity index (χ1n) is 6.37. The van der Waals surface area contributed by atoms with Gasteiger partial charge in [0, 0.05) is 31.5 Å². The van der Waals surface area contributed by atoms with Gasteiger partial charge in [-0.1, -0.05) is 6.07 Å². The number of nitrogens with zero attached hydrogens (tertiary/aromatic N) is 1. The van der Waals surface area contributed by atoms with E-state index in [1.807, 2.05) is 16.7 Å². The van der Waals surface area contributed by atoms with Crippen LogP contribution in [0.25, 0.3) is 0 Å². The van der Waals surface area contributed by atoms with Crippen LogP contribution in [0, 0.1) is 0 Å². The van der Waals surface area contributed by atoms with E-state index in [1.165, 1.54) is 6.07 Å². The summed E-state index contributed by atoms with van der Waals surface area (Å²) in [6.07, 6.45) is 1.35. The van der Waals surface area contributed by atoms with Crippen LogP contribution in [0.15, 0.2) is 24.3 Å². The molecule has 0 saturated carbocycles. The summed E-state index contributed by atoms with van der Waals surface area (Å²) in [7, 11) is 1.75. The predicted octanol–water partition coefficient (Wildman–Crippen LogP) is 1.74. The maximum Gasteiger partial charge on any atom is 0.254 e. The van der Waals surface area contributed by atoms with Crippen molar-refractivity contribution in [1.29, 1.82) is 0 Å². The number of thioether (sulfide) groups is 1. The second-order valence-corrected chi connectivity index (χ2v) is 6.76. The molecule has 1 spiro atoms. The highest BCUT2D eigenvalue weighted by atomic mass is 32.2. The summed E-state index contributed by atoms with van der Waals surface area (Å²) in [5.41, 5.74) is 0.557. The second-order valence-electron chi connectivity index (χ2n) is 5.27. The number of hydrogen-bond donors (Lipinski definition) is 1. The molecule has 0 radical (unpaired) electrons. The van der Waals surface area contributed by atoms with Gasteiger partial charge in [0.1, 0.15) is 5.75 Å². The summed E-state index contributed by atoms with van der Waals surface area (Å²) in [6.45, 7) is 1.57. The lowest BCUT2D eigenvalue weighted by molar-refractivity contribution is 0.0451. The van der Waals surface area contributed by atoms with Crippen LogP contribution in [0.3, 0.4) is 0 Å². The molecule has 1 aromatic carbocycles. The Labute approximate surface area is 116 Å². The largest absolute Gasteiger partial charge is 0.508 e. The van der Waals surface area contributed by atoms with E-state index < -0.39 is 0 Å². The zero-order chi connectivity index (χ0) is 13.5. The molecular formula is C14H17NO3S. The monoisotopic (exact) mass is 279 g/mol. The van der Waals surface area contributed by atoms with E-state index >= 15 is 0 Å². The van der Waals surface area contributed by atoms with Crippen molar-refractivity contribution >= 4 is 17.7 Å². The standard InChI is InChI=1S/C14H17NO3S/c1-18-12-6-14(19-7-12)8-15(9-14)13(17)10-3-2-4-11(16)5-10/h2-5,12,16H,6-9H2,1H3/t12-/m1/s1. The summed E-state index contributed by atoms with van der Waals surface area (Å²) in [4.78, 5) is 14.1. The Morgan fingerprint density at radius 3 is 2.95 bits per heavy atom. The zero-order valence-electron chi connectivity index (χ0n) is 10.8. The first kappa shape index (κ1) is 12.8. The molecule has 1 aromatic rings. The Bertz CT molecular complexity index is 499. The number of carbonyl (C=O) groups excluding carboxylic acids is 1. The maximum absolute atomic E-state index is 12.2. The predicted molar refractivity (Wildman–Crippen MR) is 74.6 cm³/mol. The van der Waals surface area contributed by atoms with E-state index in [0.717, 1.165) is 25.3 Å². The molecule has 2 fully saturated rings. The molecule has 2 aliphatic heterocycles. The average Bonchev–Trinajstić information content (AvgIpc) is 2.80. The summed E-state index contributed by atoms with van der Waals surface area (Å²) >= 11 is 1.92. The molecule has 1 N–H and O–H groups in total. The van der Waals surface area contributed by atoms with Crippen molar-refractivity contribution in [3.05, 3.63) is 29.8 Å². The lowest BCUT2D eigenvalue weighted by atomic mass is 9.92. The number of ether oxygens (including phenoxy) is 1. The van der Waals surface area contributed by atoms with Gasteiger partial charge in [-0.05, 0) is 24.6 Å². The van der Waals surface area contributed by atoms with Crippen molar-refractivity contribution in [2.75, 3.05) is 26.0 Å². The van der Waals surface area contributed by atoms with E-state index in [2.05, 4.69) is 0 Å². The van der Waals surface area contributed by atoms with Crippen LogP contribution in [0.5, 0.6) is 5.75 Å². The molecule has 0 aromatic heterocycles. The van der Waals surface area contributed by atoms with E-state index in [-0.39, 0.29) is 16.4 Å². The molecule has 3 rings (SSSR count). The van der Waals surface area contributed by atoms with Gasteiger partial charge >= 0.3 is 0 Å². The third-order valence-corrected chi connectivity index (χ3v) is 5.42. The molecule has 0 aliphatic carbocycles. The number of rotatable bonds is 2. The molecule has 1 atom stereocenters. The van der Waals surface area contributed by atoms with Crippen molar-refractivity contribution in [1.82, 2.24) is 4.90 Å². The molecule has 1 amide bonds. The SMILES string of the molecule is CO[C@H]1CSC2(C1)CN(C(=O)c1cccc(O)c1)C2.